The molecule has 0 aliphatic rings. The number of ether oxygens (including phenoxy) is 6. The zero-order chi connectivity index (χ0) is 17.7. The van der Waals surface area contributed by atoms with Crippen molar-refractivity contribution in [2.45, 2.75) is 6.42 Å². The van der Waals surface area contributed by atoms with Gasteiger partial charge in [0.25, 0.3) is 0 Å². The third-order valence-corrected chi connectivity index (χ3v) is 2.51. The van der Waals surface area contributed by atoms with Crippen molar-refractivity contribution in [3.8, 4) is 12.3 Å². The Labute approximate surface area is 143 Å². The zero-order valence-corrected chi connectivity index (χ0v) is 14.1. The summed E-state index contributed by atoms with van der Waals surface area (Å²) in [6.07, 6.45) is 5.04. The smallest absolute Gasteiger partial charge is 0.305 e. The quantitative estimate of drug-likeness (QED) is 0.261. The predicted molar refractivity (Wildman–Crippen MR) is 86.0 cm³/mol. The fourth-order valence-corrected chi connectivity index (χ4v) is 1.39. The predicted octanol–water partition coefficient (Wildman–Crippen LogP) is 0.194. The Hall–Kier alpha value is -1.21. The van der Waals surface area contributed by atoms with Crippen LogP contribution in [-0.4, -0.2) is 90.4 Å². The number of carboxylic acids is 1. The van der Waals surface area contributed by atoms with E-state index in [1.54, 1.807) is 0 Å². The highest BCUT2D eigenvalue weighted by Crippen LogP contribution is 1.86. The molecule has 0 bridgehead atoms. The van der Waals surface area contributed by atoms with E-state index in [2.05, 4.69) is 5.92 Å². The number of carbonyl (C=O) groups is 1. The normalized spacial score (nSPS) is 10.6. The molecule has 0 amide bonds. The van der Waals surface area contributed by atoms with Gasteiger partial charge in [-0.2, -0.15) is 0 Å². The van der Waals surface area contributed by atoms with Crippen molar-refractivity contribution in [3.05, 3.63) is 0 Å². The van der Waals surface area contributed by atoms with Crippen LogP contribution < -0.4 is 0 Å². The molecule has 0 fully saturated rings. The number of rotatable bonds is 19. The van der Waals surface area contributed by atoms with Crippen LogP contribution in [0.15, 0.2) is 0 Å². The van der Waals surface area contributed by atoms with Crippen molar-refractivity contribution in [2.24, 2.45) is 0 Å². The fraction of sp³-hybridized carbons (Fsp3) is 0.812. The minimum absolute atomic E-state index is 0.00763. The summed E-state index contributed by atoms with van der Waals surface area (Å²) in [5.41, 5.74) is 0. The molecule has 0 aliphatic heterocycles. The Morgan fingerprint density at radius 2 is 1.00 bits per heavy atom. The van der Waals surface area contributed by atoms with Crippen molar-refractivity contribution in [3.63, 3.8) is 0 Å². The Bertz CT molecular complexity index is 316. The van der Waals surface area contributed by atoms with Gasteiger partial charge in [0.05, 0.1) is 79.1 Å². The van der Waals surface area contributed by atoms with Crippen LogP contribution in [0.5, 0.6) is 0 Å². The average molecular weight is 348 g/mol. The van der Waals surface area contributed by atoms with Gasteiger partial charge in [0.2, 0.25) is 0 Å². The second kappa shape index (κ2) is 19.8. The molecule has 0 unspecified atom stereocenters. The molecule has 0 spiro atoms. The molecule has 0 saturated heterocycles. The lowest BCUT2D eigenvalue weighted by atomic mass is 10.5. The van der Waals surface area contributed by atoms with E-state index in [4.69, 9.17) is 40.0 Å². The SMILES string of the molecule is C#CCOCCOCCOCCOCCOCCOCCC(=O)O. The first-order valence-electron chi connectivity index (χ1n) is 7.89. The van der Waals surface area contributed by atoms with Crippen LogP contribution in [0.25, 0.3) is 0 Å². The maximum absolute atomic E-state index is 10.2. The molecule has 0 aliphatic carbocycles. The van der Waals surface area contributed by atoms with Gasteiger partial charge in [-0.25, -0.2) is 0 Å². The molecule has 140 valence electrons. The van der Waals surface area contributed by atoms with E-state index in [1.807, 2.05) is 0 Å². The summed E-state index contributed by atoms with van der Waals surface area (Å²) >= 11 is 0. The molecule has 0 heterocycles. The zero-order valence-electron chi connectivity index (χ0n) is 14.1. The standard InChI is InChI=1S/C16H28O8/c1-2-4-19-6-8-21-10-12-23-14-15-24-13-11-22-9-7-20-5-3-16(17)18/h1H,3-15H2,(H,17,18). The van der Waals surface area contributed by atoms with Gasteiger partial charge in [-0.1, -0.05) is 5.92 Å². The first kappa shape index (κ1) is 22.8. The maximum atomic E-state index is 10.2. The van der Waals surface area contributed by atoms with E-state index >= 15 is 0 Å². The summed E-state index contributed by atoms with van der Waals surface area (Å²) in [6, 6.07) is 0. The molecule has 1 N–H and O–H groups in total. The highest BCUT2D eigenvalue weighted by atomic mass is 16.6. The monoisotopic (exact) mass is 348 g/mol. The summed E-state index contributed by atoms with van der Waals surface area (Å²) in [6.45, 7) is 5.21. The molecule has 0 saturated carbocycles. The number of hydrogen-bond donors (Lipinski definition) is 1. The van der Waals surface area contributed by atoms with E-state index in [1.165, 1.54) is 0 Å². The molecule has 0 radical (unpaired) electrons. The number of aliphatic carboxylic acids is 1. The number of carboxylic acid groups (broad SMARTS) is 1. The Balaban J connectivity index is 2.98. The van der Waals surface area contributed by atoms with Crippen LogP contribution in [0.3, 0.4) is 0 Å². The summed E-state index contributed by atoms with van der Waals surface area (Å²) in [5.74, 6) is 1.51. The van der Waals surface area contributed by atoms with Crippen LogP contribution in [0.1, 0.15) is 6.42 Å². The summed E-state index contributed by atoms with van der Waals surface area (Å²) in [5, 5.41) is 8.40. The van der Waals surface area contributed by atoms with Crippen molar-refractivity contribution >= 4 is 5.97 Å². The summed E-state index contributed by atoms with van der Waals surface area (Å²) in [4.78, 5) is 10.2. The molecular formula is C16H28O8. The largest absolute Gasteiger partial charge is 0.481 e. The second-order valence-electron chi connectivity index (χ2n) is 4.46. The Morgan fingerprint density at radius 3 is 1.33 bits per heavy atom. The molecule has 0 aromatic heterocycles. The second-order valence-corrected chi connectivity index (χ2v) is 4.46. The molecule has 0 atom stereocenters. The van der Waals surface area contributed by atoms with Crippen molar-refractivity contribution in [1.82, 2.24) is 0 Å². The topological polar surface area (TPSA) is 92.7 Å². The van der Waals surface area contributed by atoms with E-state index in [0.29, 0.717) is 72.7 Å². The van der Waals surface area contributed by atoms with Gasteiger partial charge < -0.3 is 33.5 Å². The van der Waals surface area contributed by atoms with Gasteiger partial charge >= 0.3 is 5.97 Å². The lowest BCUT2D eigenvalue weighted by molar-refractivity contribution is -0.138. The third kappa shape index (κ3) is 20.8. The van der Waals surface area contributed by atoms with E-state index in [9.17, 15) is 4.79 Å². The van der Waals surface area contributed by atoms with Crippen molar-refractivity contribution in [1.29, 1.82) is 0 Å². The number of terminal acetylenes is 1. The highest BCUT2D eigenvalue weighted by Gasteiger charge is 1.96. The maximum Gasteiger partial charge on any atom is 0.305 e. The van der Waals surface area contributed by atoms with E-state index in [0.717, 1.165) is 0 Å². The van der Waals surface area contributed by atoms with Crippen LogP contribution in [0, 0.1) is 12.3 Å². The Kier molecular flexibility index (Phi) is 18.8. The van der Waals surface area contributed by atoms with Crippen LogP contribution in [0.2, 0.25) is 0 Å². The van der Waals surface area contributed by atoms with Gasteiger partial charge in [0.15, 0.2) is 0 Å². The van der Waals surface area contributed by atoms with Gasteiger partial charge in [-0.05, 0) is 0 Å². The highest BCUT2D eigenvalue weighted by molar-refractivity contribution is 5.66. The molecule has 8 nitrogen and oxygen atoms in total. The van der Waals surface area contributed by atoms with Crippen molar-refractivity contribution < 1.29 is 38.3 Å². The Morgan fingerprint density at radius 1 is 0.667 bits per heavy atom. The lowest BCUT2D eigenvalue weighted by Gasteiger charge is -2.07. The van der Waals surface area contributed by atoms with Crippen LogP contribution in [0.4, 0.5) is 0 Å². The molecule has 24 heavy (non-hydrogen) atoms. The molecule has 8 heteroatoms. The van der Waals surface area contributed by atoms with Gasteiger partial charge in [0.1, 0.15) is 6.61 Å². The first-order valence-corrected chi connectivity index (χ1v) is 7.89. The van der Waals surface area contributed by atoms with E-state index in [-0.39, 0.29) is 13.0 Å². The summed E-state index contributed by atoms with van der Waals surface area (Å²) in [7, 11) is 0. The van der Waals surface area contributed by atoms with Crippen LogP contribution >= 0.6 is 0 Å². The summed E-state index contributed by atoms with van der Waals surface area (Å²) < 4.78 is 31.3. The van der Waals surface area contributed by atoms with Crippen molar-refractivity contribution in [2.75, 3.05) is 79.3 Å². The minimum Gasteiger partial charge on any atom is -0.481 e. The minimum atomic E-state index is -0.868. The average Bonchev–Trinajstić information content (AvgIpc) is 2.56. The third-order valence-electron chi connectivity index (χ3n) is 2.51. The van der Waals surface area contributed by atoms with Gasteiger partial charge in [-0.15, -0.1) is 6.42 Å². The van der Waals surface area contributed by atoms with Gasteiger partial charge in [0, 0.05) is 0 Å². The lowest BCUT2D eigenvalue weighted by Crippen LogP contribution is -2.14. The first-order chi connectivity index (χ1) is 11.8. The van der Waals surface area contributed by atoms with Crippen LogP contribution in [-0.2, 0) is 33.2 Å². The number of hydrogen-bond acceptors (Lipinski definition) is 7. The molecule has 0 rings (SSSR count). The van der Waals surface area contributed by atoms with Gasteiger partial charge in [-0.3, -0.25) is 4.79 Å². The van der Waals surface area contributed by atoms with E-state index < -0.39 is 5.97 Å². The fourth-order valence-electron chi connectivity index (χ4n) is 1.39. The molecule has 0 aromatic carbocycles. The molecular weight excluding hydrogens is 320 g/mol. The molecule has 0 aromatic rings.